The van der Waals surface area contributed by atoms with Crippen LogP contribution in [0.15, 0.2) is 4.99 Å². The average Bonchev–Trinajstić information content (AvgIpc) is 2.77. The second-order valence-electron chi connectivity index (χ2n) is 5.76. The first-order chi connectivity index (χ1) is 10.4. The SMILES string of the molecule is CCNC(=NCCN(C)C(C)C)NCCc1nc(C)c(C)s1.I. The van der Waals surface area contributed by atoms with Crippen LogP contribution in [0.2, 0.25) is 0 Å². The van der Waals surface area contributed by atoms with Crippen molar-refractivity contribution in [1.29, 1.82) is 0 Å². The second-order valence-corrected chi connectivity index (χ2v) is 7.05. The molecule has 0 aliphatic heterocycles. The maximum absolute atomic E-state index is 4.63. The number of hydrogen-bond donors (Lipinski definition) is 2. The van der Waals surface area contributed by atoms with Gasteiger partial charge >= 0.3 is 0 Å². The van der Waals surface area contributed by atoms with Gasteiger partial charge in [0.05, 0.1) is 17.2 Å². The third kappa shape index (κ3) is 8.85. The highest BCUT2D eigenvalue weighted by molar-refractivity contribution is 14.0. The normalized spacial score (nSPS) is 11.7. The lowest BCUT2D eigenvalue weighted by Gasteiger charge is -2.20. The van der Waals surface area contributed by atoms with Gasteiger partial charge in [-0.15, -0.1) is 35.3 Å². The largest absolute Gasteiger partial charge is 0.357 e. The van der Waals surface area contributed by atoms with Gasteiger partial charge in [0.1, 0.15) is 0 Å². The number of nitrogens with zero attached hydrogens (tertiary/aromatic N) is 3. The van der Waals surface area contributed by atoms with E-state index in [1.807, 2.05) is 0 Å². The maximum atomic E-state index is 4.63. The minimum Gasteiger partial charge on any atom is -0.357 e. The maximum Gasteiger partial charge on any atom is 0.191 e. The van der Waals surface area contributed by atoms with E-state index < -0.39 is 0 Å². The molecule has 0 spiro atoms. The summed E-state index contributed by atoms with van der Waals surface area (Å²) < 4.78 is 0. The summed E-state index contributed by atoms with van der Waals surface area (Å²) in [6.45, 7) is 14.2. The Hall–Kier alpha value is -0.410. The summed E-state index contributed by atoms with van der Waals surface area (Å²) in [7, 11) is 2.13. The highest BCUT2D eigenvalue weighted by atomic mass is 127. The van der Waals surface area contributed by atoms with Crippen LogP contribution in [0.3, 0.4) is 0 Å². The number of aryl methyl sites for hydroxylation is 2. The van der Waals surface area contributed by atoms with Gasteiger partial charge < -0.3 is 15.5 Å². The molecule has 0 unspecified atom stereocenters. The van der Waals surface area contributed by atoms with Crippen molar-refractivity contribution >= 4 is 41.3 Å². The molecule has 1 aromatic rings. The van der Waals surface area contributed by atoms with E-state index in [4.69, 9.17) is 0 Å². The summed E-state index contributed by atoms with van der Waals surface area (Å²) in [6.07, 6.45) is 0.940. The van der Waals surface area contributed by atoms with Gasteiger partial charge in [0.2, 0.25) is 0 Å². The molecule has 1 rings (SSSR count). The van der Waals surface area contributed by atoms with Gasteiger partial charge in [-0.1, -0.05) is 0 Å². The summed E-state index contributed by atoms with van der Waals surface area (Å²) in [5.41, 5.74) is 1.15. The molecule has 23 heavy (non-hydrogen) atoms. The predicted molar refractivity (Wildman–Crippen MR) is 112 cm³/mol. The minimum absolute atomic E-state index is 0. The number of aromatic nitrogens is 1. The smallest absolute Gasteiger partial charge is 0.191 e. The van der Waals surface area contributed by atoms with E-state index in [-0.39, 0.29) is 24.0 Å². The molecule has 1 aromatic heterocycles. The third-order valence-electron chi connectivity index (χ3n) is 3.65. The van der Waals surface area contributed by atoms with E-state index in [9.17, 15) is 0 Å². The van der Waals surface area contributed by atoms with Gasteiger partial charge in [0.15, 0.2) is 5.96 Å². The molecule has 0 saturated carbocycles. The summed E-state index contributed by atoms with van der Waals surface area (Å²) in [4.78, 5) is 12.8. The number of rotatable bonds is 8. The molecular weight excluding hydrogens is 421 g/mol. The lowest BCUT2D eigenvalue weighted by Crippen LogP contribution is -2.39. The van der Waals surface area contributed by atoms with Crippen LogP contribution in [0, 0.1) is 13.8 Å². The van der Waals surface area contributed by atoms with Crippen molar-refractivity contribution in [1.82, 2.24) is 20.5 Å². The Kier molecular flexibility index (Phi) is 11.8. The molecule has 1 heterocycles. The van der Waals surface area contributed by atoms with Crippen LogP contribution < -0.4 is 10.6 Å². The summed E-state index contributed by atoms with van der Waals surface area (Å²) in [6, 6.07) is 0.558. The molecule has 2 N–H and O–H groups in total. The Balaban J connectivity index is 0.00000484. The first-order valence-corrected chi connectivity index (χ1v) is 8.91. The number of halogens is 1. The summed E-state index contributed by atoms with van der Waals surface area (Å²) in [5, 5.41) is 7.87. The Bertz CT molecular complexity index is 454. The first kappa shape index (κ1) is 22.6. The van der Waals surface area contributed by atoms with E-state index in [1.54, 1.807) is 11.3 Å². The molecule has 7 heteroatoms. The molecule has 5 nitrogen and oxygen atoms in total. The van der Waals surface area contributed by atoms with E-state index in [0.717, 1.165) is 44.3 Å². The van der Waals surface area contributed by atoms with Gasteiger partial charge in [-0.25, -0.2) is 4.98 Å². The number of thiazole rings is 1. The number of nitrogens with one attached hydrogen (secondary N) is 2. The first-order valence-electron chi connectivity index (χ1n) is 8.09. The monoisotopic (exact) mass is 453 g/mol. The van der Waals surface area contributed by atoms with Crippen molar-refractivity contribution in [2.24, 2.45) is 4.99 Å². The topological polar surface area (TPSA) is 52.6 Å². The summed E-state index contributed by atoms with van der Waals surface area (Å²) >= 11 is 1.79. The van der Waals surface area contributed by atoms with Crippen molar-refractivity contribution in [3.05, 3.63) is 15.6 Å². The molecule has 0 radical (unpaired) electrons. The number of aliphatic imine (C=N–C) groups is 1. The van der Waals surface area contributed by atoms with Crippen LogP contribution in [0.1, 0.15) is 36.3 Å². The Morgan fingerprint density at radius 1 is 1.30 bits per heavy atom. The molecular formula is C16H32IN5S. The van der Waals surface area contributed by atoms with Crippen molar-refractivity contribution in [2.75, 3.05) is 33.2 Å². The Morgan fingerprint density at radius 2 is 2.00 bits per heavy atom. The van der Waals surface area contributed by atoms with Crippen LogP contribution in [0.5, 0.6) is 0 Å². The standard InChI is InChI=1S/C16H31N5S.HI/c1-7-17-16(19-10-11-21(6)12(2)3)18-9-8-15-20-13(4)14(5)22-15;/h12H,7-11H2,1-6H3,(H2,17,18,19);1H. The highest BCUT2D eigenvalue weighted by Crippen LogP contribution is 2.16. The molecule has 0 atom stereocenters. The zero-order chi connectivity index (χ0) is 16.5. The van der Waals surface area contributed by atoms with Gasteiger partial charge in [-0.05, 0) is 41.7 Å². The summed E-state index contributed by atoms with van der Waals surface area (Å²) in [5.74, 6) is 0.893. The fourth-order valence-corrected chi connectivity index (χ4v) is 2.79. The third-order valence-corrected chi connectivity index (χ3v) is 4.79. The van der Waals surface area contributed by atoms with Crippen LogP contribution in [0.4, 0.5) is 0 Å². The zero-order valence-corrected chi connectivity index (χ0v) is 18.4. The predicted octanol–water partition coefficient (Wildman–Crippen LogP) is 2.82. The molecule has 0 aromatic carbocycles. The van der Waals surface area contributed by atoms with Crippen molar-refractivity contribution in [2.45, 2.75) is 47.1 Å². The number of likely N-dealkylation sites (N-methyl/N-ethyl adjacent to an activating group) is 1. The molecule has 0 saturated heterocycles. The van der Waals surface area contributed by atoms with Crippen molar-refractivity contribution in [3.63, 3.8) is 0 Å². The van der Waals surface area contributed by atoms with Gasteiger partial charge in [0, 0.05) is 37.0 Å². The van der Waals surface area contributed by atoms with Crippen molar-refractivity contribution < 1.29 is 0 Å². The van der Waals surface area contributed by atoms with E-state index in [2.05, 4.69) is 67.2 Å². The number of guanidine groups is 1. The van der Waals surface area contributed by atoms with Crippen LogP contribution in [0.25, 0.3) is 0 Å². The Labute approximate surface area is 162 Å². The lowest BCUT2D eigenvalue weighted by atomic mass is 10.3. The van der Waals surface area contributed by atoms with Crippen molar-refractivity contribution in [3.8, 4) is 0 Å². The molecule has 0 fully saturated rings. The van der Waals surface area contributed by atoms with Crippen LogP contribution in [-0.4, -0.2) is 55.1 Å². The minimum atomic E-state index is 0. The Morgan fingerprint density at radius 3 is 2.52 bits per heavy atom. The van der Waals surface area contributed by atoms with E-state index >= 15 is 0 Å². The van der Waals surface area contributed by atoms with E-state index in [1.165, 1.54) is 9.88 Å². The van der Waals surface area contributed by atoms with Crippen LogP contribution in [-0.2, 0) is 6.42 Å². The lowest BCUT2D eigenvalue weighted by molar-refractivity contribution is 0.282. The molecule has 0 aliphatic rings. The van der Waals surface area contributed by atoms with Gasteiger partial charge in [-0.3, -0.25) is 4.99 Å². The second kappa shape index (κ2) is 12.0. The molecule has 0 amide bonds. The van der Waals surface area contributed by atoms with Crippen LogP contribution >= 0.6 is 35.3 Å². The zero-order valence-electron chi connectivity index (χ0n) is 15.3. The van der Waals surface area contributed by atoms with Gasteiger partial charge in [0.25, 0.3) is 0 Å². The molecule has 0 aliphatic carbocycles. The fraction of sp³-hybridized carbons (Fsp3) is 0.750. The fourth-order valence-electron chi connectivity index (χ4n) is 1.85. The molecule has 134 valence electrons. The van der Waals surface area contributed by atoms with Gasteiger partial charge in [-0.2, -0.15) is 0 Å². The number of hydrogen-bond acceptors (Lipinski definition) is 4. The quantitative estimate of drug-likeness (QED) is 0.361. The van der Waals surface area contributed by atoms with E-state index in [0.29, 0.717) is 6.04 Å². The molecule has 0 bridgehead atoms. The average molecular weight is 453 g/mol. The highest BCUT2D eigenvalue weighted by Gasteiger charge is 2.05.